The van der Waals surface area contributed by atoms with E-state index in [0.29, 0.717) is 24.8 Å². The number of benzene rings is 1. The summed E-state index contributed by atoms with van der Waals surface area (Å²) in [5, 5.41) is 9.46. The molecule has 5 nitrogen and oxygen atoms in total. The third kappa shape index (κ3) is 1.90. The van der Waals surface area contributed by atoms with E-state index in [1.54, 1.807) is 30.3 Å². The van der Waals surface area contributed by atoms with Crippen LogP contribution in [0, 0.1) is 11.8 Å². The second-order valence-electron chi connectivity index (χ2n) is 5.40. The largest absolute Gasteiger partial charge is 0.479 e. The van der Waals surface area contributed by atoms with Gasteiger partial charge in [0.25, 0.3) is 0 Å². The van der Waals surface area contributed by atoms with Gasteiger partial charge in [-0.1, -0.05) is 30.3 Å². The van der Waals surface area contributed by atoms with Gasteiger partial charge in [0.1, 0.15) is 0 Å². The summed E-state index contributed by atoms with van der Waals surface area (Å²) in [5.74, 6) is -2.22. The lowest BCUT2D eigenvalue weighted by Crippen LogP contribution is -2.50. The molecule has 3 unspecified atom stereocenters. The number of hydrogen-bond donors (Lipinski definition) is 1. The zero-order chi connectivity index (χ0) is 14.3. The molecule has 2 bridgehead atoms. The minimum absolute atomic E-state index is 0.191. The maximum absolute atomic E-state index is 12.4. The Balaban J connectivity index is 2.01. The average Bonchev–Trinajstić information content (AvgIpc) is 2.89. The van der Waals surface area contributed by atoms with E-state index in [0.717, 1.165) is 4.90 Å². The number of rotatable bonds is 3. The first-order chi connectivity index (χ1) is 9.59. The molecule has 1 aliphatic carbocycles. The van der Waals surface area contributed by atoms with Crippen LogP contribution in [0.2, 0.25) is 0 Å². The van der Waals surface area contributed by atoms with Crippen molar-refractivity contribution >= 4 is 17.8 Å². The van der Waals surface area contributed by atoms with E-state index >= 15 is 0 Å². The van der Waals surface area contributed by atoms with Gasteiger partial charge >= 0.3 is 5.97 Å². The fourth-order valence-corrected chi connectivity index (χ4v) is 3.22. The number of carboxylic acid groups (broad SMARTS) is 1. The Morgan fingerprint density at radius 2 is 1.65 bits per heavy atom. The van der Waals surface area contributed by atoms with Crippen LogP contribution in [0.3, 0.4) is 0 Å². The van der Waals surface area contributed by atoms with E-state index in [4.69, 9.17) is 0 Å². The number of carbonyl (C=O) groups is 3. The summed E-state index contributed by atoms with van der Waals surface area (Å²) >= 11 is 0. The van der Waals surface area contributed by atoms with E-state index < -0.39 is 12.0 Å². The Kier molecular flexibility index (Phi) is 3.04. The van der Waals surface area contributed by atoms with Gasteiger partial charge in [-0.15, -0.1) is 0 Å². The van der Waals surface area contributed by atoms with E-state index in [2.05, 4.69) is 0 Å². The van der Waals surface area contributed by atoms with Crippen LogP contribution in [0.1, 0.15) is 30.9 Å². The maximum atomic E-state index is 12.4. The van der Waals surface area contributed by atoms with Crippen molar-refractivity contribution < 1.29 is 19.5 Å². The SMILES string of the molecule is O=C(O)C(c1ccccc1)N1C(=O)C2CCC(C2)C1=O. The van der Waals surface area contributed by atoms with Gasteiger partial charge in [-0.2, -0.15) is 0 Å². The van der Waals surface area contributed by atoms with Gasteiger partial charge in [0.05, 0.1) is 0 Å². The molecule has 1 heterocycles. The molecule has 0 radical (unpaired) electrons. The van der Waals surface area contributed by atoms with Crippen LogP contribution in [0.15, 0.2) is 30.3 Å². The molecule has 2 aliphatic rings. The van der Waals surface area contributed by atoms with Crippen LogP contribution in [-0.4, -0.2) is 27.8 Å². The summed E-state index contributed by atoms with van der Waals surface area (Å²) in [6.07, 6.45) is 1.95. The third-order valence-corrected chi connectivity index (χ3v) is 4.21. The van der Waals surface area contributed by atoms with Crippen molar-refractivity contribution in [3.63, 3.8) is 0 Å². The predicted molar refractivity (Wildman–Crippen MR) is 69.5 cm³/mol. The van der Waals surface area contributed by atoms with Crippen molar-refractivity contribution in [2.75, 3.05) is 0 Å². The number of aliphatic carboxylic acids is 1. The molecule has 1 aromatic rings. The lowest BCUT2D eigenvalue weighted by molar-refractivity contribution is -0.164. The third-order valence-electron chi connectivity index (χ3n) is 4.21. The number of fused-ring (bicyclic) bond motifs is 2. The number of hydrogen-bond acceptors (Lipinski definition) is 3. The van der Waals surface area contributed by atoms with Crippen molar-refractivity contribution in [2.24, 2.45) is 11.8 Å². The highest BCUT2D eigenvalue weighted by molar-refractivity contribution is 6.04. The topological polar surface area (TPSA) is 74.7 Å². The Hall–Kier alpha value is -2.17. The summed E-state index contributed by atoms with van der Waals surface area (Å²) in [6.45, 7) is 0. The molecular weight excluding hydrogens is 258 g/mol. The zero-order valence-electron chi connectivity index (χ0n) is 10.9. The van der Waals surface area contributed by atoms with Crippen LogP contribution in [0.25, 0.3) is 0 Å². The quantitative estimate of drug-likeness (QED) is 0.849. The minimum atomic E-state index is -1.21. The Morgan fingerprint density at radius 3 is 2.15 bits per heavy atom. The number of nitrogens with zero attached hydrogens (tertiary/aromatic N) is 1. The Labute approximate surface area is 116 Å². The number of carboxylic acids is 1. The second-order valence-corrected chi connectivity index (χ2v) is 5.40. The maximum Gasteiger partial charge on any atom is 0.331 e. The molecule has 0 spiro atoms. The number of imide groups is 1. The first kappa shape index (κ1) is 12.8. The fourth-order valence-electron chi connectivity index (χ4n) is 3.22. The van der Waals surface area contributed by atoms with E-state index in [1.807, 2.05) is 0 Å². The van der Waals surface area contributed by atoms with Crippen molar-refractivity contribution in [1.29, 1.82) is 0 Å². The monoisotopic (exact) mass is 273 g/mol. The molecule has 2 fully saturated rings. The normalized spacial score (nSPS) is 26.7. The van der Waals surface area contributed by atoms with Crippen molar-refractivity contribution in [1.82, 2.24) is 4.90 Å². The van der Waals surface area contributed by atoms with Gasteiger partial charge in [-0.05, 0) is 24.8 Å². The summed E-state index contributed by atoms with van der Waals surface area (Å²) in [4.78, 5) is 37.3. The van der Waals surface area contributed by atoms with Crippen molar-refractivity contribution in [3.8, 4) is 0 Å². The van der Waals surface area contributed by atoms with Gasteiger partial charge in [0.2, 0.25) is 11.8 Å². The highest BCUT2D eigenvalue weighted by Crippen LogP contribution is 2.41. The first-order valence-electron chi connectivity index (χ1n) is 6.74. The molecule has 0 aromatic heterocycles. The Bertz CT molecular complexity index is 546. The molecule has 104 valence electrons. The lowest BCUT2D eigenvalue weighted by Gasteiger charge is -2.34. The number of likely N-dealkylation sites (tertiary alicyclic amines) is 1. The van der Waals surface area contributed by atoms with Crippen LogP contribution >= 0.6 is 0 Å². The van der Waals surface area contributed by atoms with Gasteiger partial charge in [-0.3, -0.25) is 14.5 Å². The smallest absolute Gasteiger partial charge is 0.331 e. The fraction of sp³-hybridized carbons (Fsp3) is 0.400. The molecule has 1 saturated heterocycles. The second kappa shape index (κ2) is 4.74. The number of amides is 2. The molecular formula is C15H15NO4. The zero-order valence-corrected chi connectivity index (χ0v) is 10.9. The van der Waals surface area contributed by atoms with E-state index in [1.165, 1.54) is 0 Å². The summed E-state index contributed by atoms with van der Waals surface area (Å²) in [6, 6.07) is 7.24. The molecule has 1 aromatic carbocycles. The summed E-state index contributed by atoms with van der Waals surface area (Å²) < 4.78 is 0. The van der Waals surface area contributed by atoms with E-state index in [9.17, 15) is 19.5 Å². The predicted octanol–water partition coefficient (Wildman–Crippen LogP) is 1.60. The molecule has 1 N–H and O–H groups in total. The van der Waals surface area contributed by atoms with Gasteiger partial charge < -0.3 is 5.11 Å². The molecule has 20 heavy (non-hydrogen) atoms. The Morgan fingerprint density at radius 1 is 1.10 bits per heavy atom. The van der Waals surface area contributed by atoms with Gasteiger partial charge in [-0.25, -0.2) is 4.79 Å². The van der Waals surface area contributed by atoms with Crippen molar-refractivity contribution in [2.45, 2.75) is 25.3 Å². The molecule has 3 rings (SSSR count). The van der Waals surface area contributed by atoms with E-state index in [-0.39, 0.29) is 23.7 Å². The highest BCUT2D eigenvalue weighted by Gasteiger charge is 2.49. The molecule has 5 heteroatoms. The van der Waals surface area contributed by atoms with Crippen molar-refractivity contribution in [3.05, 3.63) is 35.9 Å². The first-order valence-corrected chi connectivity index (χ1v) is 6.74. The minimum Gasteiger partial charge on any atom is -0.479 e. The number of piperidine rings is 1. The average molecular weight is 273 g/mol. The van der Waals surface area contributed by atoms with Crippen LogP contribution < -0.4 is 0 Å². The van der Waals surface area contributed by atoms with Gasteiger partial charge in [0, 0.05) is 11.8 Å². The molecule has 3 atom stereocenters. The van der Waals surface area contributed by atoms with Crippen LogP contribution in [0.4, 0.5) is 0 Å². The lowest BCUT2D eigenvalue weighted by atomic mass is 9.93. The summed E-state index contributed by atoms with van der Waals surface area (Å²) in [7, 11) is 0. The number of carbonyl (C=O) groups excluding carboxylic acids is 2. The van der Waals surface area contributed by atoms with Crippen LogP contribution in [0.5, 0.6) is 0 Å². The molecule has 1 aliphatic heterocycles. The van der Waals surface area contributed by atoms with Crippen LogP contribution in [-0.2, 0) is 14.4 Å². The standard InChI is InChI=1S/C15H15NO4/c17-13-10-6-7-11(8-10)14(18)16(13)12(15(19)20)9-4-2-1-3-5-9/h1-5,10-12H,6-8H2,(H,19,20). The summed E-state index contributed by atoms with van der Waals surface area (Å²) in [5.41, 5.74) is 0.461. The van der Waals surface area contributed by atoms with Gasteiger partial charge in [0.15, 0.2) is 6.04 Å². The molecule has 1 saturated carbocycles. The molecule has 2 amide bonds. The highest BCUT2D eigenvalue weighted by atomic mass is 16.4.